The summed E-state index contributed by atoms with van der Waals surface area (Å²) in [6.07, 6.45) is 0. The van der Waals surface area contributed by atoms with Gasteiger partial charge in [0.15, 0.2) is 0 Å². The van der Waals surface area contributed by atoms with Gasteiger partial charge in [-0.2, -0.15) is 0 Å². The molecule has 0 aromatic carbocycles. The van der Waals surface area contributed by atoms with Crippen molar-refractivity contribution in [3.05, 3.63) is 0 Å². The number of thioether (sulfide) groups is 1. The Kier molecular flexibility index (Phi) is 1.54. The lowest BCUT2D eigenvalue weighted by Gasteiger charge is -2.10. The van der Waals surface area contributed by atoms with Crippen molar-refractivity contribution in [3.8, 4) is 0 Å². The van der Waals surface area contributed by atoms with Gasteiger partial charge in [0.2, 0.25) is 0 Å². The molecule has 0 bridgehead atoms. The minimum Gasteiger partial charge on any atom is -0.334 e. The van der Waals surface area contributed by atoms with Crippen LogP contribution in [0.3, 0.4) is 0 Å². The fourth-order valence-electron chi connectivity index (χ4n) is 0.353. The topological polar surface area (TPSA) is 41.1 Å². The van der Waals surface area contributed by atoms with E-state index in [1.807, 2.05) is 0 Å². The third-order valence-electron chi connectivity index (χ3n) is 0.663. The van der Waals surface area contributed by atoms with Gasteiger partial charge < -0.3 is 5.32 Å². The van der Waals surface area contributed by atoms with Crippen LogP contribution in [0.2, 0.25) is 0 Å². The lowest BCUT2D eigenvalue weighted by Crippen LogP contribution is -2.37. The first-order valence-corrected chi connectivity index (χ1v) is 2.99. The molecule has 1 heterocycles. The van der Waals surface area contributed by atoms with Crippen LogP contribution in [0.5, 0.6) is 0 Å². The second-order valence-electron chi connectivity index (χ2n) is 1.18. The monoisotopic (exact) mass is 118 g/mol. The molecule has 0 unspecified atom stereocenters. The van der Waals surface area contributed by atoms with Gasteiger partial charge in [0.05, 0.1) is 12.5 Å². The van der Waals surface area contributed by atoms with E-state index in [4.69, 9.17) is 0 Å². The molecule has 2 N–H and O–H groups in total. The quantitative estimate of drug-likeness (QED) is 0.468. The van der Waals surface area contributed by atoms with Crippen LogP contribution >= 0.6 is 11.8 Å². The van der Waals surface area contributed by atoms with E-state index in [0.29, 0.717) is 6.67 Å². The third kappa shape index (κ3) is 1.36. The molecule has 7 heavy (non-hydrogen) atoms. The van der Waals surface area contributed by atoms with E-state index in [2.05, 4.69) is 10.6 Å². The standard InChI is InChI=1S/C3H6N2OS/c6-3-5-1-4-2-7-3/h4H,1-2H2,(H,5,6). The van der Waals surface area contributed by atoms with Crippen molar-refractivity contribution in [1.29, 1.82) is 0 Å². The van der Waals surface area contributed by atoms with E-state index >= 15 is 0 Å². The molecule has 0 radical (unpaired) electrons. The van der Waals surface area contributed by atoms with E-state index in [1.165, 1.54) is 11.8 Å². The van der Waals surface area contributed by atoms with E-state index < -0.39 is 0 Å². The second-order valence-corrected chi connectivity index (χ2v) is 2.13. The van der Waals surface area contributed by atoms with Crippen LogP contribution in [0.15, 0.2) is 0 Å². The van der Waals surface area contributed by atoms with Crippen molar-refractivity contribution >= 4 is 17.0 Å². The summed E-state index contributed by atoms with van der Waals surface area (Å²) in [5.74, 6) is 0.742. The van der Waals surface area contributed by atoms with Crippen LogP contribution in [-0.4, -0.2) is 17.8 Å². The van der Waals surface area contributed by atoms with Crippen LogP contribution in [0.4, 0.5) is 4.79 Å². The maximum Gasteiger partial charge on any atom is 0.281 e. The highest BCUT2D eigenvalue weighted by atomic mass is 32.2. The molecular formula is C3H6N2OS. The average molecular weight is 118 g/mol. The number of nitrogens with one attached hydrogen (secondary N) is 2. The summed E-state index contributed by atoms with van der Waals surface area (Å²) in [5.41, 5.74) is 0. The maximum absolute atomic E-state index is 10.3. The summed E-state index contributed by atoms with van der Waals surface area (Å²) >= 11 is 1.26. The minimum absolute atomic E-state index is 0.0683. The lowest BCUT2D eigenvalue weighted by molar-refractivity contribution is 0.259. The van der Waals surface area contributed by atoms with Crippen molar-refractivity contribution in [2.75, 3.05) is 12.5 Å². The van der Waals surface area contributed by atoms with Crippen molar-refractivity contribution < 1.29 is 4.79 Å². The van der Waals surface area contributed by atoms with Gasteiger partial charge in [-0.25, -0.2) is 0 Å². The predicted molar refractivity (Wildman–Crippen MR) is 29.0 cm³/mol. The molecule has 1 rings (SSSR count). The second kappa shape index (κ2) is 2.18. The molecule has 0 aromatic rings. The Bertz CT molecular complexity index is 77.0. The first-order valence-electron chi connectivity index (χ1n) is 2.01. The number of carbonyl (C=O) groups is 1. The van der Waals surface area contributed by atoms with Gasteiger partial charge in [-0.1, -0.05) is 0 Å². The van der Waals surface area contributed by atoms with Crippen LogP contribution in [-0.2, 0) is 0 Å². The zero-order valence-electron chi connectivity index (χ0n) is 3.73. The average Bonchev–Trinajstić information content (AvgIpc) is 1.69. The minimum atomic E-state index is 0.0683. The molecule has 40 valence electrons. The van der Waals surface area contributed by atoms with Gasteiger partial charge >= 0.3 is 0 Å². The summed E-state index contributed by atoms with van der Waals surface area (Å²) in [6, 6.07) is 0. The zero-order valence-corrected chi connectivity index (χ0v) is 4.55. The molecule has 0 saturated carbocycles. The van der Waals surface area contributed by atoms with Crippen LogP contribution in [0, 0.1) is 0 Å². The Morgan fingerprint density at radius 3 is 2.86 bits per heavy atom. The number of rotatable bonds is 0. The van der Waals surface area contributed by atoms with Gasteiger partial charge in [-0.05, 0) is 11.8 Å². The Labute approximate surface area is 45.8 Å². The molecule has 0 atom stereocenters. The van der Waals surface area contributed by atoms with Gasteiger partial charge in [0.25, 0.3) is 5.24 Å². The molecule has 1 aliphatic rings. The van der Waals surface area contributed by atoms with Gasteiger partial charge in [0.1, 0.15) is 0 Å². The molecule has 1 fully saturated rings. The maximum atomic E-state index is 10.3. The largest absolute Gasteiger partial charge is 0.334 e. The van der Waals surface area contributed by atoms with Gasteiger partial charge in [-0.15, -0.1) is 0 Å². The van der Waals surface area contributed by atoms with Crippen LogP contribution in [0.1, 0.15) is 0 Å². The molecule has 1 saturated heterocycles. The van der Waals surface area contributed by atoms with E-state index in [0.717, 1.165) is 5.88 Å². The van der Waals surface area contributed by atoms with Crippen LogP contribution in [0.25, 0.3) is 0 Å². The highest BCUT2D eigenvalue weighted by Crippen LogP contribution is 1.99. The normalized spacial score (nSPS) is 21.4. The highest BCUT2D eigenvalue weighted by Gasteiger charge is 2.03. The number of hydrogen-bond donors (Lipinski definition) is 2. The molecule has 4 heteroatoms. The lowest BCUT2D eigenvalue weighted by atomic mass is 11.0. The van der Waals surface area contributed by atoms with Gasteiger partial charge in [0, 0.05) is 0 Å². The number of carbonyl (C=O) groups excluding carboxylic acids is 1. The summed E-state index contributed by atoms with van der Waals surface area (Å²) in [6.45, 7) is 0.617. The van der Waals surface area contributed by atoms with Gasteiger partial charge in [-0.3, -0.25) is 10.1 Å². The SMILES string of the molecule is O=C1NCNCS1. The Morgan fingerprint density at radius 2 is 2.57 bits per heavy atom. The molecular weight excluding hydrogens is 112 g/mol. The smallest absolute Gasteiger partial charge is 0.281 e. The van der Waals surface area contributed by atoms with E-state index in [1.54, 1.807) is 0 Å². The zero-order chi connectivity index (χ0) is 5.11. The Morgan fingerprint density at radius 1 is 1.71 bits per heavy atom. The summed E-state index contributed by atoms with van der Waals surface area (Å²) in [4.78, 5) is 10.3. The fraction of sp³-hybridized carbons (Fsp3) is 0.667. The Hall–Kier alpha value is -0.220. The first kappa shape index (κ1) is 4.93. The Balaban J connectivity index is 2.25. The van der Waals surface area contributed by atoms with Crippen molar-refractivity contribution in [2.45, 2.75) is 0 Å². The summed E-state index contributed by atoms with van der Waals surface area (Å²) in [7, 11) is 0. The van der Waals surface area contributed by atoms with Crippen molar-refractivity contribution in [1.82, 2.24) is 10.6 Å². The van der Waals surface area contributed by atoms with Crippen molar-refractivity contribution in [3.63, 3.8) is 0 Å². The molecule has 1 aliphatic heterocycles. The number of amides is 1. The highest BCUT2D eigenvalue weighted by molar-refractivity contribution is 8.13. The molecule has 1 amide bonds. The van der Waals surface area contributed by atoms with E-state index in [9.17, 15) is 4.79 Å². The summed E-state index contributed by atoms with van der Waals surface area (Å²) in [5, 5.41) is 5.61. The third-order valence-corrected chi connectivity index (χ3v) is 1.42. The first-order chi connectivity index (χ1) is 3.39. The van der Waals surface area contributed by atoms with E-state index in [-0.39, 0.29) is 5.24 Å². The molecule has 0 spiro atoms. The molecule has 0 aliphatic carbocycles. The molecule has 0 aromatic heterocycles. The fourth-order valence-corrected chi connectivity index (χ4v) is 0.863. The number of hydrogen-bond acceptors (Lipinski definition) is 3. The van der Waals surface area contributed by atoms with Crippen LogP contribution < -0.4 is 10.6 Å². The summed E-state index contributed by atoms with van der Waals surface area (Å²) < 4.78 is 0. The molecule has 3 nitrogen and oxygen atoms in total. The predicted octanol–water partition coefficient (Wildman–Crippen LogP) is -0.0526. The van der Waals surface area contributed by atoms with Crippen molar-refractivity contribution in [2.24, 2.45) is 0 Å².